The number of rotatable bonds is 7. The van der Waals surface area contributed by atoms with Crippen molar-refractivity contribution in [3.63, 3.8) is 0 Å². The molecule has 0 unspecified atom stereocenters. The molecule has 1 aliphatic heterocycles. The molecule has 6 nitrogen and oxygen atoms in total. The number of aliphatic imine (C=N–C) groups is 1. The number of hydrogen-bond donors (Lipinski definition) is 1. The quantitative estimate of drug-likeness (QED) is 0.498. The van der Waals surface area contributed by atoms with E-state index in [0.717, 1.165) is 37.1 Å². The van der Waals surface area contributed by atoms with Gasteiger partial charge < -0.3 is 19.5 Å². The predicted molar refractivity (Wildman–Crippen MR) is 129 cm³/mol. The molecule has 3 aromatic carbocycles. The highest BCUT2D eigenvalue weighted by Gasteiger charge is 2.18. The van der Waals surface area contributed by atoms with E-state index >= 15 is 0 Å². The average Bonchev–Trinajstić information content (AvgIpc) is 2.87. The van der Waals surface area contributed by atoms with Crippen LogP contribution in [0, 0.1) is 0 Å². The smallest absolute Gasteiger partial charge is 0.253 e. The molecule has 1 saturated heterocycles. The Balaban J connectivity index is 1.38. The first-order chi connectivity index (χ1) is 16.1. The maximum atomic E-state index is 12.6. The predicted octanol–water partition coefficient (Wildman–Crippen LogP) is 5.36. The molecule has 0 aromatic heterocycles. The van der Waals surface area contributed by atoms with Gasteiger partial charge in [-0.25, -0.2) is 0 Å². The second-order valence-corrected chi connectivity index (χ2v) is 8.03. The van der Waals surface area contributed by atoms with E-state index in [9.17, 15) is 9.90 Å². The Labute approximate surface area is 194 Å². The summed E-state index contributed by atoms with van der Waals surface area (Å²) in [7, 11) is 1.60. The first-order valence-electron chi connectivity index (χ1n) is 11.1. The van der Waals surface area contributed by atoms with Crippen molar-refractivity contribution in [1.82, 2.24) is 4.90 Å². The van der Waals surface area contributed by atoms with Crippen LogP contribution >= 0.6 is 0 Å². The van der Waals surface area contributed by atoms with Gasteiger partial charge in [-0.1, -0.05) is 18.2 Å². The number of nitrogens with zero attached hydrogens (tertiary/aromatic N) is 2. The van der Waals surface area contributed by atoms with Crippen molar-refractivity contribution in [3.8, 4) is 17.2 Å². The fraction of sp³-hybridized carbons (Fsp3) is 0.259. The SMILES string of the molecule is COc1cc(C=Nc2cccc(O)c2)ccc1OCc1ccc(C(=O)N2CCCCC2)cc1. The van der Waals surface area contributed by atoms with Gasteiger partial charge in [0, 0.05) is 30.9 Å². The van der Waals surface area contributed by atoms with Crippen LogP contribution in [0.4, 0.5) is 5.69 Å². The minimum atomic E-state index is 0.104. The van der Waals surface area contributed by atoms with Gasteiger partial charge in [0.1, 0.15) is 12.4 Å². The summed E-state index contributed by atoms with van der Waals surface area (Å²) in [6, 6.07) is 19.9. The molecule has 0 radical (unpaired) electrons. The number of phenols is 1. The van der Waals surface area contributed by atoms with E-state index in [1.54, 1.807) is 31.5 Å². The summed E-state index contributed by atoms with van der Waals surface area (Å²) in [5, 5.41) is 9.55. The number of amides is 1. The normalized spacial score (nSPS) is 13.8. The lowest BCUT2D eigenvalue weighted by Gasteiger charge is -2.26. The van der Waals surface area contributed by atoms with E-state index in [-0.39, 0.29) is 11.7 Å². The molecule has 0 spiro atoms. The molecule has 0 bridgehead atoms. The second kappa shape index (κ2) is 10.7. The lowest BCUT2D eigenvalue weighted by atomic mass is 10.1. The lowest BCUT2D eigenvalue weighted by molar-refractivity contribution is 0.0724. The van der Waals surface area contributed by atoms with Gasteiger partial charge >= 0.3 is 0 Å². The Bertz CT molecular complexity index is 1120. The summed E-state index contributed by atoms with van der Waals surface area (Å²) in [4.78, 5) is 18.9. The van der Waals surface area contributed by atoms with Crippen molar-refractivity contribution in [2.75, 3.05) is 20.2 Å². The zero-order chi connectivity index (χ0) is 23.0. The molecular formula is C27H28N2O4. The van der Waals surface area contributed by atoms with Crippen LogP contribution in [0.5, 0.6) is 17.2 Å². The van der Waals surface area contributed by atoms with Crippen molar-refractivity contribution >= 4 is 17.8 Å². The lowest BCUT2D eigenvalue weighted by Crippen LogP contribution is -2.35. The maximum absolute atomic E-state index is 12.6. The molecular weight excluding hydrogens is 416 g/mol. The van der Waals surface area contributed by atoms with Crippen LogP contribution in [-0.4, -0.2) is 42.3 Å². The van der Waals surface area contributed by atoms with Crippen molar-refractivity contribution < 1.29 is 19.4 Å². The molecule has 4 rings (SSSR count). The summed E-state index contributed by atoms with van der Waals surface area (Å²) in [6.07, 6.45) is 5.08. The summed E-state index contributed by atoms with van der Waals surface area (Å²) in [6.45, 7) is 2.06. The molecule has 1 aliphatic rings. The highest BCUT2D eigenvalue weighted by molar-refractivity contribution is 5.94. The van der Waals surface area contributed by atoms with Crippen molar-refractivity contribution in [2.45, 2.75) is 25.9 Å². The van der Waals surface area contributed by atoms with Gasteiger partial charge in [-0.05, 0) is 72.9 Å². The zero-order valence-electron chi connectivity index (χ0n) is 18.7. The number of carbonyl (C=O) groups excluding carboxylic acids is 1. The molecule has 1 heterocycles. The molecule has 1 amide bonds. The van der Waals surface area contributed by atoms with Gasteiger partial charge in [-0.2, -0.15) is 0 Å². The van der Waals surface area contributed by atoms with Crippen LogP contribution in [0.2, 0.25) is 0 Å². The number of hydrogen-bond acceptors (Lipinski definition) is 5. The van der Waals surface area contributed by atoms with Crippen LogP contribution in [-0.2, 0) is 6.61 Å². The molecule has 1 N–H and O–H groups in total. The van der Waals surface area contributed by atoms with E-state index in [1.807, 2.05) is 53.4 Å². The molecule has 170 valence electrons. The molecule has 33 heavy (non-hydrogen) atoms. The van der Waals surface area contributed by atoms with Gasteiger partial charge in [-0.3, -0.25) is 9.79 Å². The highest BCUT2D eigenvalue weighted by atomic mass is 16.5. The summed E-state index contributed by atoms with van der Waals surface area (Å²) in [5.74, 6) is 1.51. The Morgan fingerprint density at radius 2 is 1.79 bits per heavy atom. The molecule has 3 aromatic rings. The van der Waals surface area contributed by atoms with Gasteiger partial charge in [-0.15, -0.1) is 0 Å². The minimum Gasteiger partial charge on any atom is -0.508 e. The number of methoxy groups -OCH3 is 1. The number of benzene rings is 3. The Morgan fingerprint density at radius 1 is 1.00 bits per heavy atom. The van der Waals surface area contributed by atoms with Crippen molar-refractivity contribution in [3.05, 3.63) is 83.4 Å². The molecule has 1 fully saturated rings. The second-order valence-electron chi connectivity index (χ2n) is 8.03. The minimum absolute atomic E-state index is 0.104. The zero-order valence-corrected chi connectivity index (χ0v) is 18.7. The topological polar surface area (TPSA) is 71.4 Å². The molecule has 0 saturated carbocycles. The first kappa shape index (κ1) is 22.4. The molecule has 0 atom stereocenters. The third kappa shape index (κ3) is 5.92. The van der Waals surface area contributed by atoms with Gasteiger partial charge in [0.15, 0.2) is 11.5 Å². The van der Waals surface area contributed by atoms with E-state index in [0.29, 0.717) is 29.4 Å². The molecule has 6 heteroatoms. The van der Waals surface area contributed by atoms with Crippen molar-refractivity contribution in [1.29, 1.82) is 0 Å². The van der Waals surface area contributed by atoms with Crippen LogP contribution in [0.3, 0.4) is 0 Å². The number of carbonyl (C=O) groups is 1. The molecule has 0 aliphatic carbocycles. The number of likely N-dealkylation sites (tertiary alicyclic amines) is 1. The number of phenolic OH excluding ortho intramolecular Hbond substituents is 1. The van der Waals surface area contributed by atoms with Gasteiger partial charge in [0.05, 0.1) is 12.8 Å². The van der Waals surface area contributed by atoms with E-state index in [1.165, 1.54) is 6.42 Å². The number of ether oxygens (including phenoxy) is 2. The monoisotopic (exact) mass is 444 g/mol. The van der Waals surface area contributed by atoms with E-state index in [4.69, 9.17) is 9.47 Å². The van der Waals surface area contributed by atoms with Crippen molar-refractivity contribution in [2.24, 2.45) is 4.99 Å². The Hall–Kier alpha value is -3.80. The van der Waals surface area contributed by atoms with E-state index in [2.05, 4.69) is 4.99 Å². The van der Waals surface area contributed by atoms with E-state index < -0.39 is 0 Å². The van der Waals surface area contributed by atoms with Crippen LogP contribution < -0.4 is 9.47 Å². The fourth-order valence-corrected chi connectivity index (χ4v) is 3.79. The largest absolute Gasteiger partial charge is 0.508 e. The van der Waals surface area contributed by atoms with Crippen LogP contribution in [0.15, 0.2) is 71.7 Å². The fourth-order valence-electron chi connectivity index (χ4n) is 3.79. The van der Waals surface area contributed by atoms with Crippen LogP contribution in [0.25, 0.3) is 0 Å². The number of aromatic hydroxyl groups is 1. The number of piperidine rings is 1. The average molecular weight is 445 g/mol. The maximum Gasteiger partial charge on any atom is 0.253 e. The third-order valence-electron chi connectivity index (χ3n) is 5.62. The van der Waals surface area contributed by atoms with Gasteiger partial charge in [0.25, 0.3) is 5.91 Å². The summed E-state index contributed by atoms with van der Waals surface area (Å²) in [5.41, 5.74) is 3.20. The Morgan fingerprint density at radius 3 is 2.52 bits per heavy atom. The highest BCUT2D eigenvalue weighted by Crippen LogP contribution is 2.29. The summed E-state index contributed by atoms with van der Waals surface area (Å²) < 4.78 is 11.5. The first-order valence-corrected chi connectivity index (χ1v) is 11.1. The Kier molecular flexibility index (Phi) is 7.25. The van der Waals surface area contributed by atoms with Gasteiger partial charge in [0.2, 0.25) is 0 Å². The summed E-state index contributed by atoms with van der Waals surface area (Å²) >= 11 is 0. The third-order valence-corrected chi connectivity index (χ3v) is 5.62. The van der Waals surface area contributed by atoms with Crippen LogP contribution in [0.1, 0.15) is 40.7 Å². The standard InChI is InChI=1S/C27H28N2O4/c1-32-26-16-21(18-28-23-6-5-7-24(30)17-23)10-13-25(26)33-19-20-8-11-22(12-9-20)27(31)29-14-3-2-4-15-29/h5-13,16-18,30H,2-4,14-15,19H2,1H3.